The van der Waals surface area contributed by atoms with E-state index in [2.05, 4.69) is 0 Å². The summed E-state index contributed by atoms with van der Waals surface area (Å²) >= 11 is 1.59. The van der Waals surface area contributed by atoms with Crippen LogP contribution in [0.25, 0.3) is 0 Å². The van der Waals surface area contributed by atoms with E-state index in [1.807, 2.05) is 29.3 Å². The van der Waals surface area contributed by atoms with Crippen LogP contribution in [-0.4, -0.2) is 35.0 Å². The largest absolute Gasteiger partial charge is 0.481 e. The van der Waals surface area contributed by atoms with Crippen LogP contribution < -0.4 is 0 Å². The molecule has 0 spiro atoms. The molecule has 1 aromatic rings. The summed E-state index contributed by atoms with van der Waals surface area (Å²) in [6, 6.07) is 3.91. The van der Waals surface area contributed by atoms with Gasteiger partial charge in [0, 0.05) is 18.0 Å². The van der Waals surface area contributed by atoms with Crippen molar-refractivity contribution in [2.75, 3.05) is 13.1 Å². The number of carbonyl (C=O) groups is 2. The molecule has 0 bridgehead atoms. The minimum absolute atomic E-state index is 0.114. The highest BCUT2D eigenvalue weighted by atomic mass is 32.1. The molecule has 0 aromatic carbocycles. The molecule has 0 radical (unpaired) electrons. The van der Waals surface area contributed by atoms with E-state index in [0.717, 1.165) is 11.3 Å². The zero-order valence-corrected chi connectivity index (χ0v) is 12.6. The molecule has 0 unspecified atom stereocenters. The van der Waals surface area contributed by atoms with E-state index in [-0.39, 0.29) is 5.91 Å². The monoisotopic (exact) mass is 295 g/mol. The molecule has 110 valence electrons. The fourth-order valence-corrected chi connectivity index (χ4v) is 3.60. The minimum atomic E-state index is -0.704. The molecule has 1 fully saturated rings. The number of carboxylic acid groups (broad SMARTS) is 1. The van der Waals surface area contributed by atoms with Gasteiger partial charge in [0.1, 0.15) is 0 Å². The first-order chi connectivity index (χ1) is 9.57. The molecule has 1 aromatic heterocycles. The van der Waals surface area contributed by atoms with Crippen LogP contribution in [0.4, 0.5) is 0 Å². The average Bonchev–Trinajstić information content (AvgIpc) is 2.92. The molecule has 1 aliphatic heterocycles. The number of amides is 1. The molecule has 4 nitrogen and oxygen atoms in total. The normalized spacial score (nSPS) is 17.9. The number of thiophene rings is 1. The third-order valence-corrected chi connectivity index (χ3v) is 5.04. The van der Waals surface area contributed by atoms with Crippen LogP contribution in [0.5, 0.6) is 0 Å². The molecule has 0 saturated carbocycles. The van der Waals surface area contributed by atoms with Gasteiger partial charge in [-0.15, -0.1) is 11.3 Å². The van der Waals surface area contributed by atoms with Gasteiger partial charge in [-0.25, -0.2) is 0 Å². The predicted octanol–water partition coefficient (Wildman–Crippen LogP) is 2.78. The minimum Gasteiger partial charge on any atom is -0.481 e. The number of aliphatic carboxylic acids is 1. The van der Waals surface area contributed by atoms with Gasteiger partial charge in [-0.1, -0.05) is 19.4 Å². The van der Waals surface area contributed by atoms with E-state index in [4.69, 9.17) is 0 Å². The van der Waals surface area contributed by atoms with E-state index in [0.29, 0.717) is 38.8 Å². The summed E-state index contributed by atoms with van der Waals surface area (Å²) in [6.07, 6.45) is 3.16. The van der Waals surface area contributed by atoms with E-state index < -0.39 is 11.4 Å². The average molecular weight is 295 g/mol. The lowest BCUT2D eigenvalue weighted by molar-refractivity contribution is -0.154. The van der Waals surface area contributed by atoms with Gasteiger partial charge in [0.15, 0.2) is 0 Å². The molecule has 1 aliphatic rings. The van der Waals surface area contributed by atoms with Gasteiger partial charge >= 0.3 is 5.97 Å². The molecule has 5 heteroatoms. The Morgan fingerprint density at radius 3 is 2.60 bits per heavy atom. The summed E-state index contributed by atoms with van der Waals surface area (Å²) in [6.45, 7) is 3.14. The van der Waals surface area contributed by atoms with Crippen LogP contribution in [0, 0.1) is 5.41 Å². The molecule has 1 N–H and O–H groups in total. The van der Waals surface area contributed by atoms with Crippen LogP contribution in [0.15, 0.2) is 17.5 Å². The number of rotatable bonds is 5. The Kier molecular flexibility index (Phi) is 4.81. The summed E-state index contributed by atoms with van der Waals surface area (Å²) in [4.78, 5) is 26.6. The topological polar surface area (TPSA) is 57.6 Å². The predicted molar refractivity (Wildman–Crippen MR) is 78.8 cm³/mol. The van der Waals surface area contributed by atoms with Crippen LogP contribution in [0.1, 0.15) is 37.5 Å². The zero-order chi connectivity index (χ0) is 14.6. The van der Waals surface area contributed by atoms with Crippen molar-refractivity contribution in [3.63, 3.8) is 0 Å². The van der Waals surface area contributed by atoms with Gasteiger partial charge in [0.2, 0.25) is 5.91 Å². The smallest absolute Gasteiger partial charge is 0.309 e. The molecule has 0 aliphatic carbocycles. The first kappa shape index (κ1) is 15.0. The van der Waals surface area contributed by atoms with Crippen molar-refractivity contribution in [1.29, 1.82) is 0 Å². The van der Waals surface area contributed by atoms with Crippen molar-refractivity contribution in [2.24, 2.45) is 5.41 Å². The lowest BCUT2D eigenvalue weighted by Crippen LogP contribution is -2.46. The Hall–Kier alpha value is -1.36. The highest BCUT2D eigenvalue weighted by Crippen LogP contribution is 2.36. The van der Waals surface area contributed by atoms with Crippen LogP contribution >= 0.6 is 11.3 Å². The van der Waals surface area contributed by atoms with Crippen LogP contribution in [0.2, 0.25) is 0 Å². The lowest BCUT2D eigenvalue weighted by Gasteiger charge is -2.38. The second-order valence-corrected chi connectivity index (χ2v) is 6.50. The van der Waals surface area contributed by atoms with Crippen molar-refractivity contribution in [2.45, 2.75) is 39.0 Å². The zero-order valence-electron chi connectivity index (χ0n) is 11.8. The summed E-state index contributed by atoms with van der Waals surface area (Å²) in [5.41, 5.74) is -0.617. The summed E-state index contributed by atoms with van der Waals surface area (Å²) in [5.74, 6) is -0.590. The van der Waals surface area contributed by atoms with E-state index in [9.17, 15) is 14.7 Å². The van der Waals surface area contributed by atoms with Gasteiger partial charge < -0.3 is 10.0 Å². The third-order valence-electron chi connectivity index (χ3n) is 4.16. The van der Waals surface area contributed by atoms with Gasteiger partial charge in [-0.05, 0) is 30.7 Å². The van der Waals surface area contributed by atoms with E-state index in [1.54, 1.807) is 11.3 Å². The van der Waals surface area contributed by atoms with Crippen molar-refractivity contribution in [3.05, 3.63) is 22.4 Å². The number of piperidine rings is 1. The SMILES string of the molecule is CCCC1(C(=O)O)CCN(C(=O)Cc2cccs2)CC1. The second kappa shape index (κ2) is 6.39. The Bertz CT molecular complexity index is 461. The summed E-state index contributed by atoms with van der Waals surface area (Å²) in [5, 5.41) is 11.4. The highest BCUT2D eigenvalue weighted by Gasteiger charge is 2.41. The molecule has 2 rings (SSSR count). The van der Waals surface area contributed by atoms with Gasteiger partial charge in [-0.3, -0.25) is 9.59 Å². The number of carboxylic acids is 1. The Balaban J connectivity index is 1.93. The summed E-state index contributed by atoms with van der Waals surface area (Å²) in [7, 11) is 0. The van der Waals surface area contributed by atoms with Gasteiger partial charge in [0.05, 0.1) is 11.8 Å². The highest BCUT2D eigenvalue weighted by molar-refractivity contribution is 7.10. The standard InChI is InChI=1S/C15H21NO3S/c1-2-5-15(14(18)19)6-8-16(9-7-15)13(17)11-12-4-3-10-20-12/h3-4,10H,2,5-9,11H2,1H3,(H,18,19). The maximum Gasteiger partial charge on any atom is 0.309 e. The van der Waals surface area contributed by atoms with Crippen molar-refractivity contribution >= 4 is 23.2 Å². The van der Waals surface area contributed by atoms with Crippen molar-refractivity contribution < 1.29 is 14.7 Å². The molecular weight excluding hydrogens is 274 g/mol. The Morgan fingerprint density at radius 2 is 2.10 bits per heavy atom. The third kappa shape index (κ3) is 3.20. The maximum atomic E-state index is 12.2. The number of hydrogen-bond acceptors (Lipinski definition) is 3. The Labute approximate surface area is 123 Å². The van der Waals surface area contributed by atoms with E-state index in [1.165, 1.54) is 0 Å². The first-order valence-electron chi connectivity index (χ1n) is 7.11. The maximum absolute atomic E-state index is 12.2. The van der Waals surface area contributed by atoms with Crippen LogP contribution in [0.3, 0.4) is 0 Å². The number of hydrogen-bond donors (Lipinski definition) is 1. The van der Waals surface area contributed by atoms with E-state index >= 15 is 0 Å². The first-order valence-corrected chi connectivity index (χ1v) is 7.99. The van der Waals surface area contributed by atoms with Crippen molar-refractivity contribution in [3.8, 4) is 0 Å². The molecule has 20 heavy (non-hydrogen) atoms. The summed E-state index contributed by atoms with van der Waals surface area (Å²) < 4.78 is 0. The fraction of sp³-hybridized carbons (Fsp3) is 0.600. The number of nitrogens with zero attached hydrogens (tertiary/aromatic N) is 1. The molecule has 0 atom stereocenters. The fourth-order valence-electron chi connectivity index (χ4n) is 2.91. The molecular formula is C15H21NO3S. The Morgan fingerprint density at radius 1 is 1.40 bits per heavy atom. The molecule has 1 amide bonds. The number of likely N-dealkylation sites (tertiary alicyclic amines) is 1. The van der Waals surface area contributed by atoms with Gasteiger partial charge in [0.25, 0.3) is 0 Å². The quantitative estimate of drug-likeness (QED) is 0.908. The van der Waals surface area contributed by atoms with Crippen molar-refractivity contribution in [1.82, 2.24) is 4.90 Å². The van der Waals surface area contributed by atoms with Gasteiger partial charge in [-0.2, -0.15) is 0 Å². The molecule has 1 saturated heterocycles. The lowest BCUT2D eigenvalue weighted by atomic mass is 9.75. The van der Waals surface area contributed by atoms with Crippen LogP contribution in [-0.2, 0) is 16.0 Å². The molecule has 2 heterocycles. The second-order valence-electron chi connectivity index (χ2n) is 5.47. The number of carbonyl (C=O) groups excluding carboxylic acids is 1.